The highest BCUT2D eigenvalue weighted by Crippen LogP contribution is 2.37. The molecule has 0 spiro atoms. The van der Waals surface area contributed by atoms with E-state index in [0.717, 1.165) is 16.8 Å². The molecule has 0 unspecified atom stereocenters. The summed E-state index contributed by atoms with van der Waals surface area (Å²) >= 11 is 0. The number of urea groups is 1. The van der Waals surface area contributed by atoms with Gasteiger partial charge in [0.25, 0.3) is 0 Å². The minimum atomic E-state index is -0.756. The zero-order valence-corrected chi connectivity index (χ0v) is 22.2. The number of halogens is 2. The third-order valence-electron chi connectivity index (χ3n) is 8.11. The van der Waals surface area contributed by atoms with Crippen LogP contribution in [0.3, 0.4) is 0 Å². The zero-order valence-electron chi connectivity index (χ0n) is 22.2. The van der Waals surface area contributed by atoms with E-state index in [2.05, 4.69) is 10.2 Å². The van der Waals surface area contributed by atoms with E-state index in [1.807, 2.05) is 47.1 Å². The molecule has 1 N–H and O–H groups in total. The molecular weight excluding hydrogens is 498 g/mol. The number of carbonyl (C=O) groups excluding carboxylic acids is 2. The quantitative estimate of drug-likeness (QED) is 0.497. The van der Waals surface area contributed by atoms with Crippen molar-refractivity contribution in [1.82, 2.24) is 15.1 Å². The van der Waals surface area contributed by atoms with E-state index in [4.69, 9.17) is 0 Å². The lowest BCUT2D eigenvalue weighted by Crippen LogP contribution is -2.57. The third kappa shape index (κ3) is 5.75. The lowest BCUT2D eigenvalue weighted by molar-refractivity contribution is -0.129. The Labute approximate surface area is 228 Å². The number of piperidine rings is 1. The van der Waals surface area contributed by atoms with Crippen LogP contribution in [0.5, 0.6) is 0 Å². The highest BCUT2D eigenvalue weighted by Gasteiger charge is 2.44. The van der Waals surface area contributed by atoms with Crippen LogP contribution in [0.2, 0.25) is 0 Å². The van der Waals surface area contributed by atoms with Crippen molar-refractivity contribution in [3.05, 3.63) is 102 Å². The van der Waals surface area contributed by atoms with Crippen molar-refractivity contribution in [3.63, 3.8) is 0 Å². The van der Waals surface area contributed by atoms with Crippen molar-refractivity contribution in [1.29, 1.82) is 0 Å². The molecule has 39 heavy (non-hydrogen) atoms. The van der Waals surface area contributed by atoms with Crippen LogP contribution < -0.4 is 10.2 Å². The fourth-order valence-electron chi connectivity index (χ4n) is 5.66. The van der Waals surface area contributed by atoms with Gasteiger partial charge in [-0.15, -0.1) is 0 Å². The van der Waals surface area contributed by atoms with Crippen LogP contribution in [-0.4, -0.2) is 61.0 Å². The van der Waals surface area contributed by atoms with Crippen molar-refractivity contribution in [2.24, 2.45) is 0 Å². The smallest absolute Gasteiger partial charge is 0.320 e. The van der Waals surface area contributed by atoms with Gasteiger partial charge in [0.2, 0.25) is 5.91 Å². The largest absolute Gasteiger partial charge is 0.368 e. The third-order valence-corrected chi connectivity index (χ3v) is 8.11. The van der Waals surface area contributed by atoms with E-state index in [9.17, 15) is 18.4 Å². The van der Waals surface area contributed by atoms with E-state index in [-0.39, 0.29) is 29.6 Å². The van der Waals surface area contributed by atoms with Crippen LogP contribution in [0.15, 0.2) is 78.9 Å². The standard InChI is InChI=1S/C31H34F2N4O2/c1-23(24-7-9-26(32)10-8-24)34-29(38)31(25-5-3-2-4-6-25)15-17-36(18-16-31)30(39)37-21-19-35(20-22-37)28-13-11-27(33)12-14-28/h2-14,23H,15-22H2,1H3,(H,34,38)/t23-/m0/s1. The second-order valence-corrected chi connectivity index (χ2v) is 10.4. The van der Waals surface area contributed by atoms with Gasteiger partial charge in [-0.25, -0.2) is 13.6 Å². The zero-order chi connectivity index (χ0) is 27.4. The molecular formula is C31H34F2N4O2. The monoisotopic (exact) mass is 532 g/mol. The van der Waals surface area contributed by atoms with Crippen LogP contribution in [0, 0.1) is 11.6 Å². The van der Waals surface area contributed by atoms with Crippen LogP contribution in [0.1, 0.15) is 36.9 Å². The summed E-state index contributed by atoms with van der Waals surface area (Å²) in [4.78, 5) is 33.1. The Bertz CT molecular complexity index is 1270. The van der Waals surface area contributed by atoms with Crippen LogP contribution >= 0.6 is 0 Å². The molecule has 3 aromatic rings. The fraction of sp³-hybridized carbons (Fsp3) is 0.355. The molecule has 2 fully saturated rings. The molecule has 1 atom stereocenters. The van der Waals surface area contributed by atoms with Gasteiger partial charge >= 0.3 is 6.03 Å². The second-order valence-electron chi connectivity index (χ2n) is 10.4. The number of benzene rings is 3. The van der Waals surface area contributed by atoms with Crippen molar-refractivity contribution in [2.75, 3.05) is 44.2 Å². The predicted octanol–water partition coefficient (Wildman–Crippen LogP) is 5.12. The fourth-order valence-corrected chi connectivity index (χ4v) is 5.66. The number of nitrogens with zero attached hydrogens (tertiary/aromatic N) is 3. The maximum absolute atomic E-state index is 13.8. The average molecular weight is 533 g/mol. The Kier molecular flexibility index (Phi) is 7.82. The Morgan fingerprint density at radius 3 is 1.87 bits per heavy atom. The van der Waals surface area contributed by atoms with E-state index in [1.54, 1.807) is 24.3 Å². The molecule has 6 nitrogen and oxygen atoms in total. The highest BCUT2D eigenvalue weighted by molar-refractivity contribution is 5.89. The SMILES string of the molecule is C[C@H](NC(=O)C1(c2ccccc2)CCN(C(=O)N2CCN(c3ccc(F)cc3)CC2)CC1)c1ccc(F)cc1. The van der Waals surface area contributed by atoms with E-state index in [1.165, 1.54) is 24.3 Å². The van der Waals surface area contributed by atoms with Gasteiger partial charge in [-0.2, -0.15) is 0 Å². The summed E-state index contributed by atoms with van der Waals surface area (Å²) in [6.07, 6.45) is 1.03. The normalized spacial score (nSPS) is 18.0. The Balaban J connectivity index is 1.23. The number of anilines is 1. The van der Waals surface area contributed by atoms with Crippen molar-refractivity contribution < 1.29 is 18.4 Å². The van der Waals surface area contributed by atoms with E-state index >= 15 is 0 Å². The molecule has 2 aliphatic heterocycles. The van der Waals surface area contributed by atoms with E-state index < -0.39 is 5.41 Å². The summed E-state index contributed by atoms with van der Waals surface area (Å²) in [5, 5.41) is 3.15. The summed E-state index contributed by atoms with van der Waals surface area (Å²) in [6, 6.07) is 22.1. The molecule has 0 aromatic heterocycles. The van der Waals surface area contributed by atoms with E-state index in [0.29, 0.717) is 52.1 Å². The molecule has 0 aliphatic carbocycles. The number of carbonyl (C=O) groups is 2. The molecule has 8 heteroatoms. The molecule has 0 radical (unpaired) electrons. The number of rotatable bonds is 5. The van der Waals surface area contributed by atoms with Crippen LogP contribution in [0.4, 0.5) is 19.3 Å². The molecule has 3 amide bonds. The Hall–Kier alpha value is -3.94. The molecule has 3 aromatic carbocycles. The lowest BCUT2D eigenvalue weighted by Gasteiger charge is -2.44. The van der Waals surface area contributed by atoms with Crippen molar-refractivity contribution in [3.8, 4) is 0 Å². The van der Waals surface area contributed by atoms with Gasteiger partial charge in [0.05, 0.1) is 11.5 Å². The summed E-state index contributed by atoms with van der Waals surface area (Å²) in [7, 11) is 0. The summed E-state index contributed by atoms with van der Waals surface area (Å²) in [5.41, 5.74) is 1.97. The number of nitrogens with one attached hydrogen (secondary N) is 1. The van der Waals surface area contributed by atoms with Gasteiger partial charge in [0.1, 0.15) is 11.6 Å². The van der Waals surface area contributed by atoms with Crippen molar-refractivity contribution in [2.45, 2.75) is 31.2 Å². The molecule has 2 heterocycles. The van der Waals surface area contributed by atoms with Gasteiger partial charge < -0.3 is 20.0 Å². The number of piperazine rings is 1. The van der Waals surface area contributed by atoms with Gasteiger partial charge in [-0.3, -0.25) is 4.79 Å². The summed E-state index contributed by atoms with van der Waals surface area (Å²) < 4.78 is 26.7. The average Bonchev–Trinajstić information content (AvgIpc) is 2.98. The lowest BCUT2D eigenvalue weighted by atomic mass is 9.71. The van der Waals surface area contributed by atoms with Gasteiger partial charge in [0, 0.05) is 45.0 Å². The van der Waals surface area contributed by atoms with Gasteiger partial charge in [0.15, 0.2) is 0 Å². The van der Waals surface area contributed by atoms with Crippen LogP contribution in [0.25, 0.3) is 0 Å². The summed E-state index contributed by atoms with van der Waals surface area (Å²) in [5.74, 6) is -0.652. The molecule has 2 aliphatic rings. The number of likely N-dealkylation sites (tertiary alicyclic amines) is 1. The second kappa shape index (κ2) is 11.4. The molecule has 204 valence electrons. The first-order chi connectivity index (χ1) is 18.9. The minimum absolute atomic E-state index is 0.00416. The maximum Gasteiger partial charge on any atom is 0.320 e. The first-order valence-corrected chi connectivity index (χ1v) is 13.5. The molecule has 5 rings (SSSR count). The predicted molar refractivity (Wildman–Crippen MR) is 147 cm³/mol. The highest BCUT2D eigenvalue weighted by atomic mass is 19.1. The Morgan fingerprint density at radius 1 is 0.744 bits per heavy atom. The first-order valence-electron chi connectivity index (χ1n) is 13.5. The first kappa shape index (κ1) is 26.7. The van der Waals surface area contributed by atoms with Crippen molar-refractivity contribution >= 4 is 17.6 Å². The molecule has 0 bridgehead atoms. The topological polar surface area (TPSA) is 55.9 Å². The molecule has 0 saturated carbocycles. The number of amides is 3. The number of hydrogen-bond acceptors (Lipinski definition) is 3. The molecule has 2 saturated heterocycles. The maximum atomic E-state index is 13.8. The number of hydrogen-bond donors (Lipinski definition) is 1. The Morgan fingerprint density at radius 2 is 1.28 bits per heavy atom. The van der Waals surface area contributed by atoms with Gasteiger partial charge in [-0.05, 0) is 67.3 Å². The van der Waals surface area contributed by atoms with Gasteiger partial charge in [-0.1, -0.05) is 42.5 Å². The van der Waals surface area contributed by atoms with Crippen LogP contribution in [-0.2, 0) is 10.2 Å². The summed E-state index contributed by atoms with van der Waals surface area (Å²) in [6.45, 7) is 5.40. The minimum Gasteiger partial charge on any atom is -0.368 e.